The molecule has 1 nitrogen and oxygen atoms in total. The van der Waals surface area contributed by atoms with Crippen LogP contribution in [0.1, 0.15) is 32.6 Å². The average Bonchev–Trinajstić information content (AvgIpc) is 2.28. The molecule has 1 saturated carbocycles. The summed E-state index contributed by atoms with van der Waals surface area (Å²) in [5, 5.41) is 0. The minimum atomic E-state index is -4.91. The Morgan fingerprint density at radius 1 is 1.11 bits per heavy atom. The van der Waals surface area contributed by atoms with Crippen LogP contribution >= 0.6 is 0 Å². The molecule has 0 aromatic heterocycles. The molecule has 0 aliphatic heterocycles. The number of halogens is 3. The minimum Gasteiger partial charge on any atom is -0.490 e. The van der Waals surface area contributed by atoms with Gasteiger partial charge in [0.15, 0.2) is 0 Å². The number of benzene rings is 1. The molecule has 0 saturated heterocycles. The van der Waals surface area contributed by atoms with Crippen LogP contribution in [-0.4, -0.2) is 13.1 Å². The van der Waals surface area contributed by atoms with Gasteiger partial charge in [0.1, 0.15) is 5.75 Å². The van der Waals surface area contributed by atoms with E-state index in [-0.39, 0.29) is 57.5 Å². The molecule has 100 valence electrons. The summed E-state index contributed by atoms with van der Waals surface area (Å²) < 4.78 is 43.1. The molecule has 0 heterocycles. The quantitative estimate of drug-likeness (QED) is 0.746. The average molecular weight is 296 g/mol. The number of hydrogen-bond acceptors (Lipinski definition) is 1. The third-order valence-corrected chi connectivity index (χ3v) is 3.45. The van der Waals surface area contributed by atoms with Gasteiger partial charge in [-0.15, -0.1) is 5.46 Å². The van der Waals surface area contributed by atoms with Crippen LogP contribution < -0.4 is 61.6 Å². The molecule has 2 unspecified atom stereocenters. The topological polar surface area (TPSA) is 9.23 Å². The standard InChI is InChI=1S/C13H17BF3O.K/c1-10-3-2-4-13(9-10)18-12-7-5-11(6-8-12)14(15,16)17;/h5-8,10,13H,2-4,9H2,1H3;/q-1;+1. The summed E-state index contributed by atoms with van der Waals surface area (Å²) in [5.41, 5.74) is -0.570. The number of rotatable bonds is 3. The van der Waals surface area contributed by atoms with E-state index in [1.807, 2.05) is 0 Å². The third kappa shape index (κ3) is 5.42. The van der Waals surface area contributed by atoms with Crippen LogP contribution in [0.2, 0.25) is 0 Å². The first kappa shape index (κ1) is 17.6. The van der Waals surface area contributed by atoms with Gasteiger partial charge < -0.3 is 17.7 Å². The van der Waals surface area contributed by atoms with Gasteiger partial charge in [0.05, 0.1) is 6.10 Å². The Kier molecular flexibility index (Phi) is 6.93. The summed E-state index contributed by atoms with van der Waals surface area (Å²) in [5.74, 6) is 1.18. The van der Waals surface area contributed by atoms with Crippen LogP contribution in [-0.2, 0) is 0 Å². The van der Waals surface area contributed by atoms with Crippen molar-refractivity contribution in [3.05, 3.63) is 24.3 Å². The van der Waals surface area contributed by atoms with Crippen LogP contribution in [0, 0.1) is 5.92 Å². The Hall–Kier alpha value is 0.511. The zero-order valence-corrected chi connectivity index (χ0v) is 14.5. The predicted molar refractivity (Wildman–Crippen MR) is 67.2 cm³/mol. The first-order chi connectivity index (χ1) is 8.45. The fraction of sp³-hybridized carbons (Fsp3) is 0.538. The van der Waals surface area contributed by atoms with Gasteiger partial charge >= 0.3 is 58.4 Å². The minimum absolute atomic E-state index is 0. The number of hydrogen-bond donors (Lipinski definition) is 0. The van der Waals surface area contributed by atoms with Crippen molar-refractivity contribution in [3.8, 4) is 5.75 Å². The van der Waals surface area contributed by atoms with Gasteiger partial charge in [-0.05, 0) is 37.3 Å². The summed E-state index contributed by atoms with van der Waals surface area (Å²) in [7, 11) is 0. The van der Waals surface area contributed by atoms with Gasteiger partial charge in [0.2, 0.25) is 0 Å². The molecular weight excluding hydrogens is 279 g/mol. The van der Waals surface area contributed by atoms with E-state index in [2.05, 4.69) is 6.92 Å². The van der Waals surface area contributed by atoms with Crippen molar-refractivity contribution in [2.45, 2.75) is 38.7 Å². The molecule has 0 radical (unpaired) electrons. The van der Waals surface area contributed by atoms with Crippen molar-refractivity contribution < 1.29 is 69.1 Å². The van der Waals surface area contributed by atoms with E-state index in [4.69, 9.17) is 4.74 Å². The molecule has 1 aromatic rings. The molecule has 1 aliphatic carbocycles. The second kappa shape index (κ2) is 7.50. The van der Waals surface area contributed by atoms with Crippen LogP contribution in [0.4, 0.5) is 12.9 Å². The van der Waals surface area contributed by atoms with E-state index >= 15 is 0 Å². The molecule has 1 fully saturated rings. The van der Waals surface area contributed by atoms with Crippen molar-refractivity contribution >= 4 is 12.4 Å². The molecule has 2 rings (SSSR count). The predicted octanol–water partition coefficient (Wildman–Crippen LogP) is 0.702. The maximum Gasteiger partial charge on any atom is 1.00 e. The Bertz CT molecular complexity index is 394. The van der Waals surface area contributed by atoms with Crippen LogP contribution in [0.5, 0.6) is 5.75 Å². The molecule has 0 spiro atoms. The fourth-order valence-electron chi connectivity index (χ4n) is 2.44. The van der Waals surface area contributed by atoms with Gasteiger partial charge in [0, 0.05) is 0 Å². The normalized spacial score (nSPS) is 23.6. The third-order valence-electron chi connectivity index (χ3n) is 3.45. The Morgan fingerprint density at radius 2 is 1.74 bits per heavy atom. The van der Waals surface area contributed by atoms with Crippen molar-refractivity contribution in [3.63, 3.8) is 0 Å². The Morgan fingerprint density at radius 3 is 2.26 bits per heavy atom. The molecule has 0 bridgehead atoms. The summed E-state index contributed by atoms with van der Waals surface area (Å²) in [6.45, 7) is -2.72. The van der Waals surface area contributed by atoms with Crippen molar-refractivity contribution in [1.82, 2.24) is 0 Å². The van der Waals surface area contributed by atoms with E-state index in [1.54, 1.807) is 0 Å². The van der Waals surface area contributed by atoms with E-state index in [0.717, 1.165) is 31.4 Å². The summed E-state index contributed by atoms with van der Waals surface area (Å²) in [6.07, 6.45) is 4.49. The van der Waals surface area contributed by atoms with E-state index < -0.39 is 12.4 Å². The van der Waals surface area contributed by atoms with Crippen LogP contribution in [0.15, 0.2) is 24.3 Å². The molecule has 0 N–H and O–H groups in total. The van der Waals surface area contributed by atoms with E-state index in [1.165, 1.54) is 18.6 Å². The van der Waals surface area contributed by atoms with Gasteiger partial charge in [-0.2, -0.15) is 0 Å². The molecule has 0 amide bonds. The molecular formula is C13H17BF3KO. The molecule has 1 aliphatic rings. The first-order valence-electron chi connectivity index (χ1n) is 6.41. The zero-order chi connectivity index (χ0) is 13.2. The maximum absolute atomic E-state index is 12.5. The molecule has 1 aromatic carbocycles. The second-order valence-electron chi connectivity index (χ2n) is 5.16. The molecule has 6 heteroatoms. The molecule has 19 heavy (non-hydrogen) atoms. The number of ether oxygens (including phenoxy) is 1. The van der Waals surface area contributed by atoms with Gasteiger partial charge in [-0.3, -0.25) is 0 Å². The smallest absolute Gasteiger partial charge is 0.490 e. The monoisotopic (exact) mass is 296 g/mol. The SMILES string of the molecule is CC1CCCC(Oc2ccc([B-](F)(F)F)cc2)C1.[K+]. The summed E-state index contributed by atoms with van der Waals surface area (Å²) in [4.78, 5) is 0. The van der Waals surface area contributed by atoms with Gasteiger partial charge in [0.25, 0.3) is 0 Å². The summed E-state index contributed by atoms with van der Waals surface area (Å²) >= 11 is 0. The van der Waals surface area contributed by atoms with Gasteiger partial charge in [-0.25, -0.2) is 0 Å². The molecule has 2 atom stereocenters. The Labute approximate surface area is 154 Å². The van der Waals surface area contributed by atoms with E-state index in [0.29, 0.717) is 11.7 Å². The first-order valence-corrected chi connectivity index (χ1v) is 6.41. The fourth-order valence-corrected chi connectivity index (χ4v) is 2.44. The van der Waals surface area contributed by atoms with Gasteiger partial charge in [-0.1, -0.05) is 25.5 Å². The van der Waals surface area contributed by atoms with Crippen molar-refractivity contribution in [2.75, 3.05) is 0 Å². The van der Waals surface area contributed by atoms with E-state index in [9.17, 15) is 12.9 Å². The van der Waals surface area contributed by atoms with Crippen LogP contribution in [0.25, 0.3) is 0 Å². The zero-order valence-electron chi connectivity index (χ0n) is 11.4. The van der Waals surface area contributed by atoms with Crippen LogP contribution in [0.3, 0.4) is 0 Å². The maximum atomic E-state index is 12.5. The van der Waals surface area contributed by atoms with Crippen molar-refractivity contribution in [2.24, 2.45) is 5.92 Å². The van der Waals surface area contributed by atoms with Crippen molar-refractivity contribution in [1.29, 1.82) is 0 Å². The second-order valence-corrected chi connectivity index (χ2v) is 5.16. The summed E-state index contributed by atoms with van der Waals surface area (Å²) in [6, 6.07) is 5.04. The largest absolute Gasteiger partial charge is 1.00 e. The Balaban J connectivity index is 0.00000180.